The first kappa shape index (κ1) is 60.3. The van der Waals surface area contributed by atoms with Gasteiger partial charge in [-0.1, -0.05) is 358 Å². The zero-order chi connectivity index (χ0) is 97.3. The van der Waals surface area contributed by atoms with E-state index < -0.39 is 120 Å². The van der Waals surface area contributed by atoms with Crippen LogP contribution < -0.4 is 26.2 Å². The summed E-state index contributed by atoms with van der Waals surface area (Å²) in [4.78, 5) is 4.78. The van der Waals surface area contributed by atoms with Gasteiger partial charge in [-0.15, -0.1) is 0 Å². The first-order valence-electron chi connectivity index (χ1n) is 49.9. The maximum atomic E-state index is 10.1. The van der Waals surface area contributed by atoms with Crippen LogP contribution in [0.2, 0.25) is 0 Å². The van der Waals surface area contributed by atoms with Crippen molar-refractivity contribution in [2.75, 3.05) is 9.80 Å². The van der Waals surface area contributed by atoms with Gasteiger partial charge < -0.3 is 18.9 Å². The minimum atomic E-state index is -0.847. The number of benzene rings is 16. The molecule has 5 heteroatoms. The Bertz CT molecular complexity index is 7600. The van der Waals surface area contributed by atoms with Crippen molar-refractivity contribution < 1.29 is 21.9 Å². The lowest BCUT2D eigenvalue weighted by atomic mass is 9.33. The quantitative estimate of drug-likeness (QED) is 0.120. The van der Waals surface area contributed by atoms with E-state index in [0.29, 0.717) is 34.1 Å². The summed E-state index contributed by atoms with van der Waals surface area (Å²) in [5, 5.41) is -0.327. The normalized spacial score (nSPS) is 14.9. The molecule has 0 spiro atoms. The van der Waals surface area contributed by atoms with Crippen LogP contribution in [0.3, 0.4) is 0 Å². The fourth-order valence-corrected chi connectivity index (χ4v) is 18.4. The monoisotopic (exact) mass is 1580 g/mol. The number of rotatable bonds is 11. The molecule has 16 aromatic carbocycles. The van der Waals surface area contributed by atoms with Gasteiger partial charge >= 0.3 is 0 Å². The Morgan fingerprint density at radius 3 is 0.934 bits per heavy atom. The highest BCUT2D eigenvalue weighted by molar-refractivity contribution is 7.00. The van der Waals surface area contributed by atoms with Gasteiger partial charge in [-0.3, -0.25) is 0 Å². The molecule has 0 saturated heterocycles. The third-order valence-corrected chi connectivity index (χ3v) is 24.7. The number of nitrogens with zero attached hydrogens (tertiary/aromatic N) is 4. The molecular weight excluding hydrogens is 1460 g/mol. The lowest BCUT2D eigenvalue weighted by Gasteiger charge is -2.46. The van der Waals surface area contributed by atoms with Crippen LogP contribution in [0.25, 0.3) is 133 Å². The van der Waals surface area contributed by atoms with Crippen molar-refractivity contribution in [3.63, 3.8) is 0 Å². The van der Waals surface area contributed by atoms with Gasteiger partial charge in [0.05, 0.1) is 55.4 Å². The van der Waals surface area contributed by atoms with Gasteiger partial charge in [0, 0.05) is 77.9 Å². The predicted octanol–water partition coefficient (Wildman–Crippen LogP) is 30.1. The number of fused-ring (bicyclic) bond motifs is 10. The zero-order valence-corrected chi connectivity index (χ0v) is 71.1. The van der Waals surface area contributed by atoms with Gasteiger partial charge in [-0.2, -0.15) is 0 Å². The largest absolute Gasteiger partial charge is 0.310 e. The molecule has 2 aliphatic heterocycles. The predicted molar refractivity (Wildman–Crippen MR) is 521 cm³/mol. The number of hydrogen-bond donors (Lipinski definition) is 0. The molecule has 0 saturated carbocycles. The molecule has 4 heterocycles. The summed E-state index contributed by atoms with van der Waals surface area (Å²) < 4.78 is 158. The van der Waals surface area contributed by atoms with E-state index in [4.69, 9.17) is 0 Å². The molecule has 121 heavy (non-hydrogen) atoms. The summed E-state index contributed by atoms with van der Waals surface area (Å²) >= 11 is 0. The average Bonchev–Trinajstić information content (AvgIpc) is 1.57. The molecule has 0 N–H and O–H groups in total. The van der Waals surface area contributed by atoms with Gasteiger partial charge in [0.15, 0.2) is 0 Å². The third-order valence-electron chi connectivity index (χ3n) is 24.7. The van der Waals surface area contributed by atoms with E-state index in [9.17, 15) is 21.9 Å². The summed E-state index contributed by atoms with van der Waals surface area (Å²) in [5.41, 5.74) is 22.8. The Morgan fingerprint density at radius 2 is 0.562 bits per heavy atom. The van der Waals surface area contributed by atoms with Crippen molar-refractivity contribution in [3.05, 3.63) is 379 Å². The van der Waals surface area contributed by atoms with Crippen LogP contribution in [-0.2, 0) is 27.1 Å². The van der Waals surface area contributed by atoms with Crippen LogP contribution in [0.4, 0.5) is 34.1 Å². The molecule has 0 unspecified atom stereocenters. The second-order valence-corrected chi connectivity index (χ2v) is 37.8. The average molecular weight is 1580 g/mol. The van der Waals surface area contributed by atoms with Crippen molar-refractivity contribution in [2.45, 2.75) is 131 Å². The second-order valence-electron chi connectivity index (χ2n) is 37.8. The minimum absolute atomic E-state index is 0.0611. The topological polar surface area (TPSA) is 16.3 Å². The van der Waals surface area contributed by atoms with E-state index in [2.05, 4.69) is 320 Å². The fraction of sp³-hybridized carbons (Fsp3) is 0.172. The molecule has 590 valence electrons. The maximum absolute atomic E-state index is 10.1. The first-order valence-corrected chi connectivity index (χ1v) is 41.9. The van der Waals surface area contributed by atoms with E-state index in [1.165, 1.54) is 11.1 Å². The van der Waals surface area contributed by atoms with Gasteiger partial charge in [0.2, 0.25) is 0 Å². The van der Waals surface area contributed by atoms with E-state index in [0.717, 1.165) is 122 Å². The summed E-state index contributed by atoms with van der Waals surface area (Å²) in [5.74, 6) is 0. The van der Waals surface area contributed by atoms with Crippen LogP contribution in [0.1, 0.15) is 154 Å². The molecule has 0 aliphatic carbocycles. The molecule has 4 nitrogen and oxygen atoms in total. The highest BCUT2D eigenvalue weighted by Crippen LogP contribution is 2.57. The number of para-hydroxylation sites is 4. The van der Waals surface area contributed by atoms with Gasteiger partial charge in [-0.25, -0.2) is 0 Å². The number of aromatic nitrogens is 2. The summed E-state index contributed by atoms with van der Waals surface area (Å²) in [7, 11) is 0. The zero-order valence-electron chi connectivity index (χ0n) is 87.1. The first-order chi connectivity index (χ1) is 64.8. The SMILES string of the molecule is [2H]c1c([2H])c([2H])c2c(c1[2H])c1c([2H])c([2H])c([2H])c([2H])c1n2-c1ccc2c(c1)N(c1c(-c3ccccc3)cc(C(C)(C)C)cc1-c1cccc(-c3cccc(C(C)(C)C)c3)c1)c1cc(-c3ccccc3C(C)(C)C)cc3c1B2c1ccc(-n2c4c([2H])c([2H])c([2H])c([2H])c4c4c([2H])c([2H])c([2H])c([2H])c42)cc1N3c1c(-c2ccccc2)cc(C(C)(C)C)cc1-c1cccc(-c2cccc(C(C)(C)C)c2)c1. The van der Waals surface area contributed by atoms with Crippen molar-refractivity contribution in [3.8, 4) is 89.3 Å². The highest BCUT2D eigenvalue weighted by atomic mass is 15.2. The molecule has 0 bridgehead atoms. The molecule has 0 atom stereocenters. The lowest BCUT2D eigenvalue weighted by Crippen LogP contribution is -2.61. The molecule has 18 aromatic rings. The van der Waals surface area contributed by atoms with Crippen LogP contribution >= 0.6 is 0 Å². The second kappa shape index (κ2) is 28.8. The van der Waals surface area contributed by atoms with Crippen molar-refractivity contribution in [1.82, 2.24) is 9.13 Å². The minimum Gasteiger partial charge on any atom is -0.310 e. The Labute approximate surface area is 737 Å². The van der Waals surface area contributed by atoms with Crippen LogP contribution in [0.5, 0.6) is 0 Å². The molecule has 2 aliphatic rings. The van der Waals surface area contributed by atoms with E-state index >= 15 is 0 Å². The van der Waals surface area contributed by atoms with Crippen LogP contribution in [-0.4, -0.2) is 15.8 Å². The Morgan fingerprint density at radius 1 is 0.240 bits per heavy atom. The molecule has 0 amide bonds. The summed E-state index contributed by atoms with van der Waals surface area (Å²) in [6.07, 6.45) is 0. The summed E-state index contributed by atoms with van der Waals surface area (Å²) in [6.45, 7) is 32.5. The van der Waals surface area contributed by atoms with Crippen molar-refractivity contribution in [1.29, 1.82) is 0 Å². The fourth-order valence-electron chi connectivity index (χ4n) is 18.4. The van der Waals surface area contributed by atoms with Gasteiger partial charge in [-0.05, 0) is 224 Å². The van der Waals surface area contributed by atoms with Crippen LogP contribution in [0, 0.1) is 0 Å². The van der Waals surface area contributed by atoms with Crippen LogP contribution in [0.15, 0.2) is 351 Å². The number of anilines is 6. The van der Waals surface area contributed by atoms with E-state index in [1.54, 1.807) is 9.13 Å². The number of hydrogen-bond acceptors (Lipinski definition) is 2. The van der Waals surface area contributed by atoms with E-state index in [-0.39, 0.29) is 54.4 Å². The summed E-state index contributed by atoms with van der Waals surface area (Å²) in [6, 6.07) is 81.8. The molecule has 0 radical (unpaired) electrons. The smallest absolute Gasteiger partial charge is 0.252 e. The standard InChI is InChI=1S/C116H103BN4/c1-112(2,3)83-46-34-42-78(64-83)76-40-32-44-80(62-76)96-70-85(114(7,8)9)68-94(74-36-18-16-19-37-74)110(96)120-105-72-87(118-101-54-28-23-49-90(101)91-50-24-29-55-102(91)118)58-60-99(105)117-100-61-59-88(119-103-56-30-25-51-92(103)93-52-26-31-57-104(93)119)73-106(100)121(108-67-82(66-107(120)109(108)117)89-48-22-27-53-98(89)116(13,14)15)111-95(75-38-20-17-21-39-75)69-86(115(10,11)12)71-97(111)81-45-33-41-77(63-81)79-43-35-47-84(65-79)113(4,5)6/h16-73H,1-15H3/i23D,24D,25D,26D,28D,29D,30D,31D,49D,50D,51D,52D,54D,55D,56D,57D. The lowest BCUT2D eigenvalue weighted by molar-refractivity contribution is 0.590. The van der Waals surface area contributed by atoms with Gasteiger partial charge in [0.1, 0.15) is 0 Å². The van der Waals surface area contributed by atoms with Crippen molar-refractivity contribution in [2.24, 2.45) is 0 Å². The molecule has 20 rings (SSSR count). The Hall–Kier alpha value is -13.2. The Balaban J connectivity index is 1.03. The third kappa shape index (κ3) is 13.2. The molecular formula is C116H103BN4. The Kier molecular flexibility index (Phi) is 14.3. The maximum Gasteiger partial charge on any atom is 0.252 e. The van der Waals surface area contributed by atoms with Gasteiger partial charge in [0.25, 0.3) is 6.71 Å². The van der Waals surface area contributed by atoms with E-state index in [1.807, 2.05) is 48.5 Å². The van der Waals surface area contributed by atoms with Crippen molar-refractivity contribution >= 4 is 101 Å². The highest BCUT2D eigenvalue weighted by Gasteiger charge is 2.47. The molecule has 2 aromatic heterocycles. The molecule has 0 fully saturated rings.